The molecule has 2 aromatic heterocycles. The van der Waals surface area contributed by atoms with Crippen LogP contribution in [-0.2, 0) is 11.3 Å². The van der Waals surface area contributed by atoms with E-state index in [9.17, 15) is 0 Å². The topological polar surface area (TPSA) is 91.3 Å². The fraction of sp³-hybridized carbons (Fsp3) is 0.474. The summed E-state index contributed by atoms with van der Waals surface area (Å²) < 4.78 is 18.6. The van der Waals surface area contributed by atoms with Gasteiger partial charge >= 0.3 is 0 Å². The molecule has 0 amide bonds. The Hall–Kier alpha value is -2.59. The molecule has 0 bridgehead atoms. The fourth-order valence-electron chi connectivity index (χ4n) is 3.10. The number of thioether (sulfide) groups is 1. The van der Waals surface area contributed by atoms with Gasteiger partial charge in [-0.25, -0.2) is 0 Å². The maximum Gasteiger partial charge on any atom is 0.247 e. The Morgan fingerprint density at radius 3 is 2.55 bits per heavy atom. The summed E-state index contributed by atoms with van der Waals surface area (Å²) in [5, 5.41) is 18.0. The van der Waals surface area contributed by atoms with E-state index in [2.05, 4.69) is 36.8 Å². The summed E-state index contributed by atoms with van der Waals surface area (Å²) in [6.45, 7) is 7.99. The van der Waals surface area contributed by atoms with Gasteiger partial charge in [-0.05, 0) is 38.1 Å². The Morgan fingerprint density at radius 2 is 1.86 bits per heavy atom. The molecule has 4 rings (SSSR count). The lowest BCUT2D eigenvalue weighted by atomic mass is 10.2. The van der Waals surface area contributed by atoms with Crippen LogP contribution in [0.3, 0.4) is 0 Å². The summed E-state index contributed by atoms with van der Waals surface area (Å²) in [7, 11) is 1.64. The number of anilines is 1. The van der Waals surface area contributed by atoms with Gasteiger partial charge in [0.25, 0.3) is 0 Å². The van der Waals surface area contributed by atoms with Gasteiger partial charge in [-0.15, -0.1) is 20.4 Å². The average molecular weight is 417 g/mol. The van der Waals surface area contributed by atoms with E-state index in [1.54, 1.807) is 18.9 Å². The van der Waals surface area contributed by atoms with Crippen LogP contribution in [0.2, 0.25) is 0 Å². The first kappa shape index (κ1) is 19.7. The molecule has 1 atom stereocenters. The van der Waals surface area contributed by atoms with Crippen LogP contribution in [-0.4, -0.2) is 58.4 Å². The molecule has 0 spiro atoms. The third kappa shape index (κ3) is 4.23. The van der Waals surface area contributed by atoms with Gasteiger partial charge in [-0.1, -0.05) is 11.8 Å². The molecule has 1 aliphatic heterocycles. The van der Waals surface area contributed by atoms with E-state index < -0.39 is 0 Å². The molecule has 1 aromatic carbocycles. The van der Waals surface area contributed by atoms with Crippen molar-refractivity contribution in [3.05, 3.63) is 30.2 Å². The third-order valence-corrected chi connectivity index (χ3v) is 5.78. The van der Waals surface area contributed by atoms with Gasteiger partial charge in [0.05, 0.1) is 25.6 Å². The lowest BCUT2D eigenvalue weighted by Crippen LogP contribution is -2.38. The maximum atomic E-state index is 5.91. The largest absolute Gasteiger partial charge is 0.497 e. The summed E-state index contributed by atoms with van der Waals surface area (Å²) in [4.78, 5) is 2.21. The van der Waals surface area contributed by atoms with Crippen molar-refractivity contribution in [2.75, 3.05) is 38.3 Å². The zero-order valence-corrected chi connectivity index (χ0v) is 17.6. The molecule has 3 heterocycles. The molecule has 0 saturated carbocycles. The third-order valence-electron chi connectivity index (χ3n) is 4.72. The van der Waals surface area contributed by atoms with Crippen LogP contribution in [0.1, 0.15) is 25.0 Å². The van der Waals surface area contributed by atoms with Gasteiger partial charge < -0.3 is 18.8 Å². The van der Waals surface area contributed by atoms with Crippen molar-refractivity contribution in [1.82, 2.24) is 25.0 Å². The summed E-state index contributed by atoms with van der Waals surface area (Å²) in [6, 6.07) is 7.54. The lowest BCUT2D eigenvalue weighted by molar-refractivity contribution is 0.121. The van der Waals surface area contributed by atoms with Gasteiger partial charge in [0, 0.05) is 25.2 Å². The fourth-order valence-corrected chi connectivity index (χ4v) is 4.04. The second-order valence-electron chi connectivity index (χ2n) is 6.56. The number of nitrogens with zero attached hydrogens (tertiary/aromatic N) is 6. The molecular weight excluding hydrogens is 392 g/mol. The van der Waals surface area contributed by atoms with E-state index in [0.717, 1.165) is 42.1 Å². The van der Waals surface area contributed by atoms with E-state index in [-0.39, 0.29) is 5.25 Å². The highest BCUT2D eigenvalue weighted by atomic mass is 32.2. The minimum atomic E-state index is -0.0541. The number of hydrogen-bond donors (Lipinski definition) is 0. The molecular formula is C19H24N6O3S. The predicted octanol–water partition coefficient (Wildman–Crippen LogP) is 3.05. The summed E-state index contributed by atoms with van der Waals surface area (Å²) in [6.07, 6.45) is 0. The molecule has 1 fully saturated rings. The van der Waals surface area contributed by atoms with Crippen LogP contribution in [0.25, 0.3) is 11.5 Å². The van der Waals surface area contributed by atoms with Gasteiger partial charge in [0.2, 0.25) is 17.7 Å². The zero-order chi connectivity index (χ0) is 20.2. The number of aromatic nitrogens is 5. The Bertz CT molecular complexity index is 936. The van der Waals surface area contributed by atoms with E-state index in [4.69, 9.17) is 13.9 Å². The molecule has 1 aliphatic rings. The Balaban J connectivity index is 1.48. The Kier molecular flexibility index (Phi) is 6.00. The van der Waals surface area contributed by atoms with Crippen LogP contribution >= 0.6 is 11.8 Å². The van der Waals surface area contributed by atoms with Crippen LogP contribution in [0, 0.1) is 0 Å². The predicted molar refractivity (Wildman–Crippen MR) is 109 cm³/mol. The monoisotopic (exact) mass is 416 g/mol. The van der Waals surface area contributed by atoms with Crippen molar-refractivity contribution in [2.45, 2.75) is 30.8 Å². The van der Waals surface area contributed by atoms with Crippen LogP contribution in [0.5, 0.6) is 5.75 Å². The van der Waals surface area contributed by atoms with Crippen molar-refractivity contribution in [1.29, 1.82) is 0 Å². The molecule has 1 saturated heterocycles. The number of ether oxygens (including phenoxy) is 2. The maximum absolute atomic E-state index is 5.91. The standard InChI is InChI=1S/C19H24N6O3S/c1-4-25-18(24-9-11-27-12-10-24)22-23-19(25)29-13(2)16-20-21-17(28-16)14-5-7-15(26-3)8-6-14/h5-8,13H,4,9-12H2,1-3H3/t13-/m0/s1. The SMILES string of the molecule is CCn1c(S[C@@H](C)c2nnc(-c3ccc(OC)cc3)o2)nnc1N1CCOCC1. The molecule has 0 aliphatic carbocycles. The Morgan fingerprint density at radius 1 is 1.10 bits per heavy atom. The van der Waals surface area contributed by atoms with Crippen molar-refractivity contribution in [3.63, 3.8) is 0 Å². The van der Waals surface area contributed by atoms with E-state index >= 15 is 0 Å². The molecule has 9 nitrogen and oxygen atoms in total. The molecule has 29 heavy (non-hydrogen) atoms. The summed E-state index contributed by atoms with van der Waals surface area (Å²) in [5.41, 5.74) is 0.855. The zero-order valence-electron chi connectivity index (χ0n) is 16.7. The quantitative estimate of drug-likeness (QED) is 0.539. The molecule has 10 heteroatoms. The molecule has 154 valence electrons. The highest BCUT2D eigenvalue weighted by Gasteiger charge is 2.23. The summed E-state index contributed by atoms with van der Waals surface area (Å²) in [5.74, 6) is 2.71. The van der Waals surface area contributed by atoms with Gasteiger partial charge in [0.1, 0.15) is 5.75 Å². The normalized spacial score (nSPS) is 15.5. The molecule has 0 radical (unpaired) electrons. The molecule has 0 N–H and O–H groups in total. The number of benzene rings is 1. The van der Waals surface area contributed by atoms with Crippen LogP contribution in [0.4, 0.5) is 5.95 Å². The Labute approximate surface area is 173 Å². The number of hydrogen-bond acceptors (Lipinski definition) is 9. The number of rotatable bonds is 7. The first-order valence-electron chi connectivity index (χ1n) is 9.60. The van der Waals surface area contributed by atoms with Crippen molar-refractivity contribution >= 4 is 17.7 Å². The van der Waals surface area contributed by atoms with Gasteiger partial charge in [-0.2, -0.15) is 0 Å². The smallest absolute Gasteiger partial charge is 0.247 e. The molecule has 0 unspecified atom stereocenters. The second kappa shape index (κ2) is 8.83. The molecule has 3 aromatic rings. The van der Waals surface area contributed by atoms with Crippen LogP contribution < -0.4 is 9.64 Å². The van der Waals surface area contributed by atoms with Gasteiger partial charge in [0.15, 0.2) is 5.16 Å². The minimum absolute atomic E-state index is 0.0541. The first-order chi connectivity index (χ1) is 14.2. The highest BCUT2D eigenvalue weighted by molar-refractivity contribution is 7.99. The van der Waals surface area contributed by atoms with Gasteiger partial charge in [-0.3, -0.25) is 4.57 Å². The first-order valence-corrected chi connectivity index (χ1v) is 10.5. The average Bonchev–Trinajstić information content (AvgIpc) is 3.42. The van der Waals surface area contributed by atoms with E-state index in [0.29, 0.717) is 25.0 Å². The number of methoxy groups -OCH3 is 1. The van der Waals surface area contributed by atoms with Crippen molar-refractivity contribution in [3.8, 4) is 17.2 Å². The second-order valence-corrected chi connectivity index (χ2v) is 7.87. The van der Waals surface area contributed by atoms with E-state index in [1.807, 2.05) is 31.2 Å². The van der Waals surface area contributed by atoms with Crippen molar-refractivity contribution < 1.29 is 13.9 Å². The lowest BCUT2D eigenvalue weighted by Gasteiger charge is -2.27. The minimum Gasteiger partial charge on any atom is -0.497 e. The van der Waals surface area contributed by atoms with Crippen LogP contribution in [0.15, 0.2) is 33.8 Å². The number of morpholine rings is 1. The summed E-state index contributed by atoms with van der Waals surface area (Å²) >= 11 is 1.56. The van der Waals surface area contributed by atoms with E-state index in [1.165, 1.54) is 0 Å². The highest BCUT2D eigenvalue weighted by Crippen LogP contribution is 2.35. The van der Waals surface area contributed by atoms with Crippen molar-refractivity contribution in [2.24, 2.45) is 0 Å².